The lowest BCUT2D eigenvalue weighted by Gasteiger charge is -2.32. The van der Waals surface area contributed by atoms with Crippen LogP contribution in [0.2, 0.25) is 0 Å². The zero-order valence-corrected chi connectivity index (χ0v) is 11.6. The number of nitrogens with zero attached hydrogens (tertiary/aromatic N) is 1. The molecule has 1 N–H and O–H groups in total. The number of benzene rings is 1. The summed E-state index contributed by atoms with van der Waals surface area (Å²) in [5, 5.41) is 3.60. The molecule has 2 heterocycles. The molecule has 2 nitrogen and oxygen atoms in total. The van der Waals surface area contributed by atoms with Crippen LogP contribution in [0, 0.1) is 5.92 Å². The molecule has 0 bridgehead atoms. The van der Waals surface area contributed by atoms with Crippen LogP contribution in [0.1, 0.15) is 36.8 Å². The van der Waals surface area contributed by atoms with Gasteiger partial charge in [-0.05, 0) is 62.5 Å². The second kappa shape index (κ2) is 4.93. The lowest BCUT2D eigenvalue weighted by molar-refractivity contribution is 0.202. The summed E-state index contributed by atoms with van der Waals surface area (Å²) in [7, 11) is 2.24. The third-order valence-corrected chi connectivity index (χ3v) is 4.77. The molecular weight excluding hydrogens is 220 g/mol. The van der Waals surface area contributed by atoms with Crippen molar-refractivity contribution >= 4 is 5.69 Å². The van der Waals surface area contributed by atoms with Gasteiger partial charge in [0.2, 0.25) is 0 Å². The summed E-state index contributed by atoms with van der Waals surface area (Å²) in [6, 6.07) is 6.99. The largest absolute Gasteiger partial charge is 0.384 e. The Morgan fingerprint density at radius 2 is 2.06 bits per heavy atom. The summed E-state index contributed by atoms with van der Waals surface area (Å²) in [4.78, 5) is 2.46. The van der Waals surface area contributed by atoms with E-state index in [-0.39, 0.29) is 0 Å². The van der Waals surface area contributed by atoms with E-state index in [0.717, 1.165) is 24.8 Å². The van der Waals surface area contributed by atoms with Gasteiger partial charge in [0.25, 0.3) is 0 Å². The van der Waals surface area contributed by atoms with E-state index in [2.05, 4.69) is 42.4 Å². The van der Waals surface area contributed by atoms with Crippen molar-refractivity contribution in [3.8, 4) is 0 Å². The van der Waals surface area contributed by atoms with Crippen molar-refractivity contribution in [1.82, 2.24) is 4.90 Å². The van der Waals surface area contributed by atoms with E-state index >= 15 is 0 Å². The van der Waals surface area contributed by atoms with Gasteiger partial charge >= 0.3 is 0 Å². The molecule has 98 valence electrons. The molecule has 1 aromatic carbocycles. The summed E-state index contributed by atoms with van der Waals surface area (Å²) in [6.45, 7) is 5.93. The van der Waals surface area contributed by atoms with Gasteiger partial charge in [0, 0.05) is 18.2 Å². The first-order valence-corrected chi connectivity index (χ1v) is 7.33. The Balaban J connectivity index is 1.81. The Labute approximate surface area is 110 Å². The monoisotopic (exact) mass is 244 g/mol. The van der Waals surface area contributed by atoms with Crippen LogP contribution in [0.25, 0.3) is 0 Å². The molecule has 0 radical (unpaired) electrons. The quantitative estimate of drug-likeness (QED) is 0.860. The van der Waals surface area contributed by atoms with Crippen LogP contribution in [-0.2, 0) is 6.42 Å². The molecule has 0 aliphatic carbocycles. The third-order valence-electron chi connectivity index (χ3n) is 4.77. The van der Waals surface area contributed by atoms with Gasteiger partial charge in [-0.2, -0.15) is 0 Å². The molecule has 1 fully saturated rings. The number of aryl methyl sites for hydroxylation is 1. The number of rotatable bonds is 2. The SMILES string of the molecule is CCc1ccc2c(c1)C(C1CCN(C)CC1)CN2. The number of hydrogen-bond acceptors (Lipinski definition) is 2. The fourth-order valence-electron chi connectivity index (χ4n) is 3.48. The molecule has 0 saturated carbocycles. The van der Waals surface area contributed by atoms with Gasteiger partial charge in [-0.3, -0.25) is 0 Å². The molecule has 2 heteroatoms. The zero-order valence-electron chi connectivity index (χ0n) is 11.6. The molecule has 3 rings (SSSR count). The molecule has 18 heavy (non-hydrogen) atoms. The van der Waals surface area contributed by atoms with E-state index in [0.29, 0.717) is 0 Å². The van der Waals surface area contributed by atoms with Crippen molar-refractivity contribution in [2.45, 2.75) is 32.1 Å². The van der Waals surface area contributed by atoms with Gasteiger partial charge in [-0.15, -0.1) is 0 Å². The fourth-order valence-corrected chi connectivity index (χ4v) is 3.48. The molecule has 1 atom stereocenters. The summed E-state index contributed by atoms with van der Waals surface area (Å²) in [5.41, 5.74) is 4.45. The fraction of sp³-hybridized carbons (Fsp3) is 0.625. The highest BCUT2D eigenvalue weighted by Crippen LogP contribution is 2.40. The highest BCUT2D eigenvalue weighted by molar-refractivity contribution is 5.59. The summed E-state index contributed by atoms with van der Waals surface area (Å²) in [5.74, 6) is 1.63. The lowest BCUT2D eigenvalue weighted by atomic mass is 9.81. The molecule has 0 amide bonds. The molecule has 0 aromatic heterocycles. The standard InChI is InChI=1S/C16H24N2/c1-3-12-4-5-16-14(10-12)15(11-17-16)13-6-8-18(2)9-7-13/h4-5,10,13,15,17H,3,6-9,11H2,1-2H3. The topological polar surface area (TPSA) is 15.3 Å². The van der Waals surface area contributed by atoms with Crippen LogP contribution >= 0.6 is 0 Å². The van der Waals surface area contributed by atoms with Gasteiger partial charge in [0.1, 0.15) is 0 Å². The van der Waals surface area contributed by atoms with Crippen LogP contribution in [0.4, 0.5) is 5.69 Å². The van der Waals surface area contributed by atoms with Gasteiger partial charge in [-0.1, -0.05) is 19.1 Å². The first-order chi connectivity index (χ1) is 8.78. The second-order valence-electron chi connectivity index (χ2n) is 5.90. The summed E-state index contributed by atoms with van der Waals surface area (Å²) >= 11 is 0. The molecular formula is C16H24N2. The minimum atomic E-state index is 0.750. The van der Waals surface area contributed by atoms with Gasteiger partial charge in [0.15, 0.2) is 0 Å². The van der Waals surface area contributed by atoms with Crippen LogP contribution in [0.5, 0.6) is 0 Å². The minimum Gasteiger partial charge on any atom is -0.384 e. The summed E-state index contributed by atoms with van der Waals surface area (Å²) < 4.78 is 0. The maximum Gasteiger partial charge on any atom is 0.0376 e. The maximum absolute atomic E-state index is 3.60. The van der Waals surface area contributed by atoms with Crippen molar-refractivity contribution in [1.29, 1.82) is 0 Å². The number of fused-ring (bicyclic) bond motifs is 1. The predicted octanol–water partition coefficient (Wildman–Crippen LogP) is 3.10. The van der Waals surface area contributed by atoms with E-state index in [1.54, 1.807) is 5.56 Å². The molecule has 1 aromatic rings. The highest BCUT2D eigenvalue weighted by atomic mass is 15.1. The molecule has 1 saturated heterocycles. The van der Waals surface area contributed by atoms with Crippen LogP contribution < -0.4 is 5.32 Å². The minimum absolute atomic E-state index is 0.750. The normalized spacial score (nSPS) is 24.9. The predicted molar refractivity (Wildman–Crippen MR) is 77.3 cm³/mol. The van der Waals surface area contributed by atoms with Crippen LogP contribution in [-0.4, -0.2) is 31.6 Å². The van der Waals surface area contributed by atoms with Gasteiger partial charge < -0.3 is 10.2 Å². The van der Waals surface area contributed by atoms with Crippen molar-refractivity contribution in [2.75, 3.05) is 32.0 Å². The molecule has 0 spiro atoms. The average molecular weight is 244 g/mol. The Kier molecular flexibility index (Phi) is 3.29. The Bertz CT molecular complexity index is 419. The first kappa shape index (κ1) is 12.0. The van der Waals surface area contributed by atoms with E-state index in [4.69, 9.17) is 0 Å². The van der Waals surface area contributed by atoms with Crippen molar-refractivity contribution in [3.63, 3.8) is 0 Å². The number of hydrogen-bond donors (Lipinski definition) is 1. The maximum atomic E-state index is 3.60. The van der Waals surface area contributed by atoms with Crippen LogP contribution in [0.15, 0.2) is 18.2 Å². The van der Waals surface area contributed by atoms with Crippen molar-refractivity contribution in [2.24, 2.45) is 5.92 Å². The first-order valence-electron chi connectivity index (χ1n) is 7.33. The highest BCUT2D eigenvalue weighted by Gasteiger charge is 2.31. The number of likely N-dealkylation sites (tertiary alicyclic amines) is 1. The Morgan fingerprint density at radius 1 is 1.28 bits per heavy atom. The van der Waals surface area contributed by atoms with E-state index < -0.39 is 0 Å². The van der Waals surface area contributed by atoms with Crippen LogP contribution in [0.3, 0.4) is 0 Å². The Hall–Kier alpha value is -1.02. The lowest BCUT2D eigenvalue weighted by Crippen LogP contribution is -2.33. The Morgan fingerprint density at radius 3 is 2.78 bits per heavy atom. The van der Waals surface area contributed by atoms with Gasteiger partial charge in [-0.25, -0.2) is 0 Å². The average Bonchev–Trinajstić information content (AvgIpc) is 2.82. The molecule has 1 unspecified atom stereocenters. The number of piperidine rings is 1. The molecule has 2 aliphatic rings. The number of anilines is 1. The van der Waals surface area contributed by atoms with Crippen molar-refractivity contribution < 1.29 is 0 Å². The van der Waals surface area contributed by atoms with E-state index in [9.17, 15) is 0 Å². The van der Waals surface area contributed by atoms with E-state index in [1.807, 2.05) is 0 Å². The number of nitrogens with one attached hydrogen (secondary N) is 1. The molecule has 2 aliphatic heterocycles. The zero-order chi connectivity index (χ0) is 12.5. The second-order valence-corrected chi connectivity index (χ2v) is 5.90. The smallest absolute Gasteiger partial charge is 0.0376 e. The van der Waals surface area contributed by atoms with E-state index in [1.165, 1.54) is 37.2 Å². The summed E-state index contributed by atoms with van der Waals surface area (Å²) in [6.07, 6.45) is 3.87. The third kappa shape index (κ3) is 2.14. The van der Waals surface area contributed by atoms with Crippen molar-refractivity contribution in [3.05, 3.63) is 29.3 Å². The van der Waals surface area contributed by atoms with Gasteiger partial charge in [0.05, 0.1) is 0 Å².